The van der Waals surface area contributed by atoms with E-state index in [0.29, 0.717) is 24.7 Å². The number of primary amides is 1. The highest BCUT2D eigenvalue weighted by molar-refractivity contribution is 5.80. The molecule has 0 aromatic heterocycles. The predicted molar refractivity (Wildman–Crippen MR) is 71.1 cm³/mol. The van der Waals surface area contributed by atoms with Gasteiger partial charge in [0.25, 0.3) is 0 Å². The minimum atomic E-state index is -0.308. The first kappa shape index (κ1) is 13.8. The Balaban J connectivity index is 1.77. The first-order chi connectivity index (χ1) is 8.70. The lowest BCUT2D eigenvalue weighted by atomic mass is 9.85. The van der Waals surface area contributed by atoms with Crippen LogP contribution in [0.4, 0.5) is 0 Å². The Morgan fingerprint density at radius 1 is 1.33 bits per heavy atom. The largest absolute Gasteiger partial charge is 0.376 e. The second kappa shape index (κ2) is 6.53. The quantitative estimate of drug-likeness (QED) is 0.725. The number of nitrogens with one attached hydrogen (secondary N) is 1. The molecule has 2 rings (SSSR count). The van der Waals surface area contributed by atoms with Crippen molar-refractivity contribution in [2.75, 3.05) is 6.61 Å². The van der Waals surface area contributed by atoms with Crippen LogP contribution in [0.5, 0.6) is 0 Å². The van der Waals surface area contributed by atoms with Crippen LogP contribution < -0.4 is 11.1 Å². The number of ether oxygens (including phenoxy) is 1. The molecule has 0 bridgehead atoms. The second-order valence-corrected chi connectivity index (χ2v) is 5.72. The summed E-state index contributed by atoms with van der Waals surface area (Å²) in [6.07, 6.45) is 8.77. The SMILES string of the molecule is CCC1CCCCC1OCC(NC1CC1)C(N)=O. The molecule has 18 heavy (non-hydrogen) atoms. The van der Waals surface area contributed by atoms with Gasteiger partial charge in [-0.2, -0.15) is 0 Å². The van der Waals surface area contributed by atoms with E-state index in [2.05, 4.69) is 12.2 Å². The van der Waals surface area contributed by atoms with E-state index in [-0.39, 0.29) is 11.9 Å². The van der Waals surface area contributed by atoms with Crippen molar-refractivity contribution >= 4 is 5.91 Å². The highest BCUT2D eigenvalue weighted by Crippen LogP contribution is 2.29. The zero-order chi connectivity index (χ0) is 13.0. The third-order valence-electron chi connectivity index (χ3n) is 4.20. The monoisotopic (exact) mass is 254 g/mol. The van der Waals surface area contributed by atoms with Crippen molar-refractivity contribution in [3.05, 3.63) is 0 Å². The fourth-order valence-corrected chi connectivity index (χ4v) is 2.83. The summed E-state index contributed by atoms with van der Waals surface area (Å²) >= 11 is 0. The summed E-state index contributed by atoms with van der Waals surface area (Å²) in [5.74, 6) is 0.374. The number of carbonyl (C=O) groups is 1. The molecule has 4 heteroatoms. The van der Waals surface area contributed by atoms with Crippen LogP contribution in [0.1, 0.15) is 51.9 Å². The summed E-state index contributed by atoms with van der Waals surface area (Å²) in [6, 6.07) is 0.177. The maximum absolute atomic E-state index is 11.4. The first-order valence-electron chi connectivity index (χ1n) is 7.37. The Morgan fingerprint density at radius 2 is 2.06 bits per heavy atom. The summed E-state index contributed by atoms with van der Waals surface area (Å²) in [7, 11) is 0. The molecule has 0 aromatic carbocycles. The fraction of sp³-hybridized carbons (Fsp3) is 0.929. The van der Waals surface area contributed by atoms with Gasteiger partial charge in [0.15, 0.2) is 0 Å². The molecule has 2 fully saturated rings. The van der Waals surface area contributed by atoms with Gasteiger partial charge in [0.1, 0.15) is 6.04 Å². The minimum absolute atomic E-state index is 0.286. The highest BCUT2D eigenvalue weighted by atomic mass is 16.5. The van der Waals surface area contributed by atoms with Gasteiger partial charge < -0.3 is 15.8 Å². The summed E-state index contributed by atoms with van der Waals surface area (Å²) in [5, 5.41) is 3.26. The molecule has 0 aromatic rings. The van der Waals surface area contributed by atoms with E-state index in [0.717, 1.165) is 19.3 Å². The number of nitrogens with two attached hydrogens (primary N) is 1. The molecule has 2 aliphatic carbocycles. The smallest absolute Gasteiger partial charge is 0.236 e. The van der Waals surface area contributed by atoms with Gasteiger partial charge in [0.2, 0.25) is 5.91 Å². The van der Waals surface area contributed by atoms with Crippen molar-refractivity contribution in [1.29, 1.82) is 0 Å². The predicted octanol–water partition coefficient (Wildman–Crippen LogP) is 1.58. The van der Waals surface area contributed by atoms with E-state index < -0.39 is 0 Å². The molecule has 1 amide bonds. The van der Waals surface area contributed by atoms with Crippen LogP contribution in [0.15, 0.2) is 0 Å². The van der Waals surface area contributed by atoms with Crippen molar-refractivity contribution in [1.82, 2.24) is 5.32 Å². The highest BCUT2D eigenvalue weighted by Gasteiger charge is 2.30. The molecule has 3 atom stereocenters. The van der Waals surface area contributed by atoms with Gasteiger partial charge in [0, 0.05) is 6.04 Å². The molecule has 0 spiro atoms. The lowest BCUT2D eigenvalue weighted by Gasteiger charge is -2.31. The normalized spacial score (nSPS) is 30.1. The van der Waals surface area contributed by atoms with Gasteiger partial charge in [-0.25, -0.2) is 0 Å². The summed E-state index contributed by atoms with van der Waals surface area (Å²) < 4.78 is 5.98. The number of hydrogen-bond donors (Lipinski definition) is 2. The van der Waals surface area contributed by atoms with E-state index in [1.807, 2.05) is 0 Å². The molecule has 2 aliphatic rings. The third kappa shape index (κ3) is 3.95. The van der Waals surface area contributed by atoms with E-state index >= 15 is 0 Å². The molecule has 0 aliphatic heterocycles. The number of rotatable bonds is 7. The van der Waals surface area contributed by atoms with Gasteiger partial charge in [-0.1, -0.05) is 26.2 Å². The van der Waals surface area contributed by atoms with Crippen LogP contribution in [0.25, 0.3) is 0 Å². The topological polar surface area (TPSA) is 64.3 Å². The number of hydrogen-bond acceptors (Lipinski definition) is 3. The third-order valence-corrected chi connectivity index (χ3v) is 4.20. The molecule has 4 nitrogen and oxygen atoms in total. The lowest BCUT2D eigenvalue weighted by Crippen LogP contribution is -2.47. The molecule has 0 radical (unpaired) electrons. The maximum Gasteiger partial charge on any atom is 0.236 e. The van der Waals surface area contributed by atoms with E-state index in [4.69, 9.17) is 10.5 Å². The van der Waals surface area contributed by atoms with Gasteiger partial charge in [-0.3, -0.25) is 4.79 Å². The standard InChI is InChI=1S/C14H26N2O2/c1-2-10-5-3-4-6-13(10)18-9-12(14(15)17)16-11-7-8-11/h10-13,16H,2-9H2,1H3,(H2,15,17). The van der Waals surface area contributed by atoms with Crippen molar-refractivity contribution in [2.45, 2.75) is 70.1 Å². The summed E-state index contributed by atoms with van der Waals surface area (Å²) in [5.41, 5.74) is 5.41. The first-order valence-corrected chi connectivity index (χ1v) is 7.37. The zero-order valence-corrected chi connectivity index (χ0v) is 11.4. The van der Waals surface area contributed by atoms with E-state index in [1.165, 1.54) is 25.7 Å². The van der Waals surface area contributed by atoms with Crippen molar-refractivity contribution in [3.8, 4) is 0 Å². The molecular formula is C14H26N2O2. The van der Waals surface area contributed by atoms with Crippen molar-refractivity contribution < 1.29 is 9.53 Å². The summed E-state index contributed by atoms with van der Waals surface area (Å²) in [4.78, 5) is 11.4. The van der Waals surface area contributed by atoms with Gasteiger partial charge >= 0.3 is 0 Å². The van der Waals surface area contributed by atoms with Crippen LogP contribution in [0.3, 0.4) is 0 Å². The van der Waals surface area contributed by atoms with Crippen molar-refractivity contribution in [3.63, 3.8) is 0 Å². The molecular weight excluding hydrogens is 228 g/mol. The zero-order valence-electron chi connectivity index (χ0n) is 11.4. The fourth-order valence-electron chi connectivity index (χ4n) is 2.83. The average molecular weight is 254 g/mol. The Morgan fingerprint density at radius 3 is 2.67 bits per heavy atom. The number of carbonyl (C=O) groups excluding carboxylic acids is 1. The van der Waals surface area contributed by atoms with Crippen LogP contribution in [-0.4, -0.2) is 30.7 Å². The average Bonchev–Trinajstić information content (AvgIpc) is 3.18. The second-order valence-electron chi connectivity index (χ2n) is 5.72. The molecule has 3 N–H and O–H groups in total. The number of amides is 1. The lowest BCUT2D eigenvalue weighted by molar-refractivity contribution is -0.123. The Labute approximate surface area is 110 Å². The van der Waals surface area contributed by atoms with Crippen LogP contribution in [-0.2, 0) is 9.53 Å². The molecule has 0 saturated heterocycles. The Bertz CT molecular complexity index is 279. The maximum atomic E-state index is 11.4. The molecule has 3 unspecified atom stereocenters. The molecule has 104 valence electrons. The van der Waals surface area contributed by atoms with Gasteiger partial charge in [-0.15, -0.1) is 0 Å². The van der Waals surface area contributed by atoms with Crippen LogP contribution in [0, 0.1) is 5.92 Å². The van der Waals surface area contributed by atoms with E-state index in [1.54, 1.807) is 0 Å². The Kier molecular flexibility index (Phi) is 5.01. The summed E-state index contributed by atoms with van der Waals surface area (Å²) in [6.45, 7) is 2.66. The Hall–Kier alpha value is -0.610. The minimum Gasteiger partial charge on any atom is -0.376 e. The molecule has 2 saturated carbocycles. The van der Waals surface area contributed by atoms with Gasteiger partial charge in [0.05, 0.1) is 12.7 Å². The molecule has 0 heterocycles. The van der Waals surface area contributed by atoms with Crippen molar-refractivity contribution in [2.24, 2.45) is 11.7 Å². The van der Waals surface area contributed by atoms with Crippen LogP contribution in [0.2, 0.25) is 0 Å². The van der Waals surface area contributed by atoms with Gasteiger partial charge in [-0.05, 0) is 31.6 Å². The van der Waals surface area contributed by atoms with E-state index in [9.17, 15) is 4.79 Å². The van der Waals surface area contributed by atoms with Crippen LogP contribution >= 0.6 is 0 Å².